The molecular weight excluding hydrogens is 110 g/mol. The van der Waals surface area contributed by atoms with E-state index in [2.05, 4.69) is 11.3 Å². The number of hydrogen-bond donors (Lipinski definition) is 1. The van der Waals surface area contributed by atoms with Crippen LogP contribution in [-0.4, -0.2) is 5.54 Å². The Morgan fingerprint density at radius 3 is 2.00 bits per heavy atom. The average molecular weight is 118 g/mol. The first-order chi connectivity index (χ1) is 3.06. The summed E-state index contributed by atoms with van der Waals surface area (Å²) in [7, 11) is 0. The molecule has 0 bridgehead atoms. The van der Waals surface area contributed by atoms with E-state index in [1.54, 1.807) is 13.8 Å². The molecule has 0 aliphatic heterocycles. The van der Waals surface area contributed by atoms with Crippen LogP contribution < -0.4 is 5.73 Å². The second-order valence-corrected chi connectivity index (χ2v) is 2.13. The van der Waals surface area contributed by atoms with Crippen LogP contribution in [0.5, 0.6) is 0 Å². The van der Waals surface area contributed by atoms with E-state index in [0.717, 1.165) is 0 Å². The van der Waals surface area contributed by atoms with Crippen molar-refractivity contribution in [3.05, 3.63) is 0 Å². The van der Waals surface area contributed by atoms with Gasteiger partial charge in [-0.1, -0.05) is 5.92 Å². The maximum atomic E-state index is 5.39. The summed E-state index contributed by atoms with van der Waals surface area (Å²) in [4.78, 5) is 0. The minimum atomic E-state index is -0.443. The molecule has 1 nitrogen and oxygen atoms in total. The monoisotopic (exact) mass is 117 g/mol. The highest BCUT2D eigenvalue weighted by atomic mass is 35.5. The molecule has 2 N–H and O–H groups in total. The normalized spacial score (nSPS) is 9.71. The van der Waals surface area contributed by atoms with Gasteiger partial charge in [-0.3, -0.25) is 0 Å². The van der Waals surface area contributed by atoms with Crippen molar-refractivity contribution in [3.63, 3.8) is 0 Å². The van der Waals surface area contributed by atoms with E-state index in [9.17, 15) is 0 Å². The Bertz CT molecular complexity index is 101. The molecule has 0 amide bonds. The Hall–Kier alpha value is -0.190. The SMILES string of the molecule is CC(C)(N)C#CCl. The largest absolute Gasteiger partial charge is 0.316 e. The third-order valence-corrected chi connectivity index (χ3v) is 0.464. The molecule has 0 saturated heterocycles. The second-order valence-electron chi connectivity index (χ2n) is 1.94. The molecular formula is C5H8ClN. The van der Waals surface area contributed by atoms with E-state index in [1.807, 2.05) is 0 Å². The van der Waals surface area contributed by atoms with Crippen molar-refractivity contribution in [3.8, 4) is 11.3 Å². The average Bonchev–Trinajstić information content (AvgIpc) is 1.30. The van der Waals surface area contributed by atoms with Gasteiger partial charge in [0.2, 0.25) is 0 Å². The first-order valence-corrected chi connectivity index (χ1v) is 2.36. The first kappa shape index (κ1) is 6.81. The topological polar surface area (TPSA) is 26.0 Å². The summed E-state index contributed by atoms with van der Waals surface area (Å²) >= 11 is 5.05. The minimum Gasteiger partial charge on any atom is -0.316 e. The summed E-state index contributed by atoms with van der Waals surface area (Å²) in [6, 6.07) is 0. The Morgan fingerprint density at radius 1 is 1.57 bits per heavy atom. The van der Waals surface area contributed by atoms with Gasteiger partial charge in [-0.2, -0.15) is 0 Å². The molecule has 0 aromatic heterocycles. The van der Waals surface area contributed by atoms with Crippen molar-refractivity contribution in [1.29, 1.82) is 0 Å². The van der Waals surface area contributed by atoms with Crippen molar-refractivity contribution in [2.75, 3.05) is 0 Å². The fraction of sp³-hybridized carbons (Fsp3) is 0.600. The smallest absolute Gasteiger partial charge is 0.0731 e. The zero-order chi connectivity index (χ0) is 5.91. The Balaban J connectivity index is 3.72. The van der Waals surface area contributed by atoms with Gasteiger partial charge in [0.25, 0.3) is 0 Å². The van der Waals surface area contributed by atoms with Crippen LogP contribution in [0.1, 0.15) is 13.8 Å². The molecule has 0 radical (unpaired) electrons. The van der Waals surface area contributed by atoms with E-state index in [-0.39, 0.29) is 0 Å². The molecule has 0 heterocycles. The molecule has 0 aromatic rings. The number of hydrogen-bond acceptors (Lipinski definition) is 1. The number of nitrogens with two attached hydrogens (primary N) is 1. The predicted molar refractivity (Wildman–Crippen MR) is 31.9 cm³/mol. The molecule has 0 spiro atoms. The summed E-state index contributed by atoms with van der Waals surface area (Å²) in [5.41, 5.74) is 4.95. The molecule has 0 aromatic carbocycles. The minimum absolute atomic E-state index is 0.443. The van der Waals surface area contributed by atoms with Gasteiger partial charge >= 0.3 is 0 Å². The quantitative estimate of drug-likeness (QED) is 0.470. The van der Waals surface area contributed by atoms with E-state index in [4.69, 9.17) is 17.3 Å². The molecule has 0 aliphatic carbocycles. The predicted octanol–water partition coefficient (Wildman–Crippen LogP) is 0.923. The number of halogens is 1. The maximum Gasteiger partial charge on any atom is 0.0731 e. The summed E-state index contributed by atoms with van der Waals surface area (Å²) in [6.45, 7) is 3.59. The Labute approximate surface area is 48.8 Å². The lowest BCUT2D eigenvalue weighted by molar-refractivity contribution is 0.681. The molecule has 0 aliphatic rings. The van der Waals surface area contributed by atoms with Crippen molar-refractivity contribution in [1.82, 2.24) is 0 Å². The van der Waals surface area contributed by atoms with Gasteiger partial charge in [-0.25, -0.2) is 0 Å². The molecule has 2 heteroatoms. The van der Waals surface area contributed by atoms with Crippen molar-refractivity contribution in [2.24, 2.45) is 5.73 Å². The first-order valence-electron chi connectivity index (χ1n) is 1.98. The third-order valence-electron chi connectivity index (χ3n) is 0.369. The van der Waals surface area contributed by atoms with Crippen molar-refractivity contribution >= 4 is 11.6 Å². The highest BCUT2D eigenvalue weighted by Crippen LogP contribution is 1.91. The fourth-order valence-electron chi connectivity index (χ4n) is 0.122. The lowest BCUT2D eigenvalue weighted by Crippen LogP contribution is -2.29. The summed E-state index contributed by atoms with van der Waals surface area (Å²) in [5, 5.41) is 2.20. The molecule has 0 unspecified atom stereocenters. The van der Waals surface area contributed by atoms with E-state index < -0.39 is 5.54 Å². The van der Waals surface area contributed by atoms with Crippen LogP contribution in [0.15, 0.2) is 0 Å². The fourth-order valence-corrected chi connectivity index (χ4v) is 0.365. The van der Waals surface area contributed by atoms with Gasteiger partial charge in [-0.15, -0.1) is 0 Å². The van der Waals surface area contributed by atoms with Gasteiger partial charge in [0.05, 0.1) is 5.54 Å². The molecule has 7 heavy (non-hydrogen) atoms. The van der Waals surface area contributed by atoms with E-state index in [0.29, 0.717) is 0 Å². The molecule has 0 rings (SSSR count). The van der Waals surface area contributed by atoms with Gasteiger partial charge in [0.1, 0.15) is 0 Å². The van der Waals surface area contributed by atoms with E-state index >= 15 is 0 Å². The lowest BCUT2D eigenvalue weighted by atomic mass is 10.1. The highest BCUT2D eigenvalue weighted by Gasteiger charge is 2.02. The summed E-state index contributed by atoms with van der Waals surface area (Å²) in [6.07, 6.45) is 0. The van der Waals surface area contributed by atoms with Gasteiger partial charge in [0.15, 0.2) is 0 Å². The van der Waals surface area contributed by atoms with Crippen LogP contribution in [0.2, 0.25) is 0 Å². The van der Waals surface area contributed by atoms with Crippen LogP contribution in [0.3, 0.4) is 0 Å². The van der Waals surface area contributed by atoms with Crippen molar-refractivity contribution in [2.45, 2.75) is 19.4 Å². The standard InChI is InChI=1S/C5H8ClN/c1-5(2,7)3-4-6/h7H2,1-2H3. The molecule has 40 valence electrons. The Kier molecular flexibility index (Phi) is 2.14. The van der Waals surface area contributed by atoms with Gasteiger partial charge in [0, 0.05) is 5.38 Å². The zero-order valence-corrected chi connectivity index (χ0v) is 5.21. The highest BCUT2D eigenvalue weighted by molar-refractivity contribution is 6.30. The molecule has 0 fully saturated rings. The van der Waals surface area contributed by atoms with E-state index in [1.165, 1.54) is 0 Å². The van der Waals surface area contributed by atoms with Gasteiger partial charge in [-0.05, 0) is 25.4 Å². The lowest BCUT2D eigenvalue weighted by Gasteiger charge is -2.05. The second kappa shape index (κ2) is 2.20. The third kappa shape index (κ3) is 5.81. The van der Waals surface area contributed by atoms with Crippen LogP contribution in [0.25, 0.3) is 0 Å². The van der Waals surface area contributed by atoms with Crippen LogP contribution in [0.4, 0.5) is 0 Å². The molecule has 0 atom stereocenters. The van der Waals surface area contributed by atoms with Crippen LogP contribution in [0, 0.1) is 11.3 Å². The summed E-state index contributed by atoms with van der Waals surface area (Å²) < 4.78 is 0. The van der Waals surface area contributed by atoms with Gasteiger partial charge < -0.3 is 5.73 Å². The Morgan fingerprint density at radius 2 is 2.00 bits per heavy atom. The molecule has 0 saturated carbocycles. The summed E-state index contributed by atoms with van der Waals surface area (Å²) in [5.74, 6) is 2.58. The number of rotatable bonds is 0. The zero-order valence-electron chi connectivity index (χ0n) is 4.46. The van der Waals surface area contributed by atoms with Crippen LogP contribution >= 0.6 is 11.6 Å². The van der Waals surface area contributed by atoms with Crippen molar-refractivity contribution < 1.29 is 0 Å². The maximum absolute atomic E-state index is 5.39. The van der Waals surface area contributed by atoms with Crippen LogP contribution in [-0.2, 0) is 0 Å².